The van der Waals surface area contributed by atoms with Crippen molar-refractivity contribution in [1.29, 1.82) is 0 Å². The number of rotatable bonds is 2. The van der Waals surface area contributed by atoms with Crippen molar-refractivity contribution in [2.75, 3.05) is 7.11 Å². The lowest BCUT2D eigenvalue weighted by Gasteiger charge is -2.08. The number of aromatic nitrogens is 1. The van der Waals surface area contributed by atoms with Crippen LogP contribution >= 0.6 is 15.9 Å². The average Bonchev–Trinajstić information content (AvgIpc) is 2.38. The first kappa shape index (κ1) is 11.8. The van der Waals surface area contributed by atoms with Gasteiger partial charge < -0.3 is 4.74 Å². The van der Waals surface area contributed by atoms with Gasteiger partial charge in [0, 0.05) is 22.4 Å². The Balaban J connectivity index is 2.60. The van der Waals surface area contributed by atoms with E-state index in [4.69, 9.17) is 4.74 Å². The normalized spacial score (nSPS) is 10.0. The average molecular weight is 292 g/mol. The summed E-state index contributed by atoms with van der Waals surface area (Å²) in [7, 11) is 1.36. The molecule has 17 heavy (non-hydrogen) atoms. The highest BCUT2D eigenvalue weighted by molar-refractivity contribution is 9.10. The molecule has 0 saturated heterocycles. The predicted molar refractivity (Wildman–Crippen MR) is 68.7 cm³/mol. The van der Waals surface area contributed by atoms with E-state index in [0.29, 0.717) is 5.56 Å². The van der Waals surface area contributed by atoms with Crippen LogP contribution in [0.15, 0.2) is 47.2 Å². The van der Waals surface area contributed by atoms with Crippen molar-refractivity contribution < 1.29 is 9.53 Å². The highest BCUT2D eigenvalue weighted by Crippen LogP contribution is 2.30. The highest BCUT2D eigenvalue weighted by Gasteiger charge is 2.14. The molecule has 3 nitrogen and oxygen atoms in total. The number of carbonyl (C=O) groups excluding carboxylic acids is 1. The lowest BCUT2D eigenvalue weighted by molar-refractivity contribution is 0.0601. The van der Waals surface area contributed by atoms with Crippen LogP contribution in [0.25, 0.3) is 11.1 Å². The van der Waals surface area contributed by atoms with E-state index in [0.717, 1.165) is 15.6 Å². The van der Waals surface area contributed by atoms with Gasteiger partial charge in [-0.1, -0.05) is 34.1 Å². The maximum absolute atomic E-state index is 11.6. The molecule has 0 aliphatic rings. The van der Waals surface area contributed by atoms with E-state index in [-0.39, 0.29) is 5.97 Å². The smallest absolute Gasteiger partial charge is 0.340 e. The molecule has 2 aromatic rings. The lowest BCUT2D eigenvalue weighted by atomic mass is 10.0. The number of esters is 1. The standard InChI is InChI=1S/C13H10BrNO2/c1-17-13(16)11-8-15-7-6-9(11)10-4-2-3-5-12(10)14/h2-8H,1H3. The number of pyridine rings is 1. The van der Waals surface area contributed by atoms with E-state index in [2.05, 4.69) is 20.9 Å². The van der Waals surface area contributed by atoms with Crippen LogP contribution < -0.4 is 0 Å². The third kappa shape index (κ3) is 2.36. The molecular weight excluding hydrogens is 282 g/mol. The number of hydrogen-bond acceptors (Lipinski definition) is 3. The minimum atomic E-state index is -0.385. The number of ether oxygens (including phenoxy) is 1. The molecule has 0 amide bonds. The van der Waals surface area contributed by atoms with Crippen molar-refractivity contribution in [3.05, 3.63) is 52.8 Å². The van der Waals surface area contributed by atoms with Crippen LogP contribution in [0.1, 0.15) is 10.4 Å². The van der Waals surface area contributed by atoms with E-state index in [1.54, 1.807) is 12.3 Å². The molecule has 2 rings (SSSR count). The Hall–Kier alpha value is -1.68. The van der Waals surface area contributed by atoms with Crippen LogP contribution in [0.3, 0.4) is 0 Å². The van der Waals surface area contributed by atoms with Gasteiger partial charge in [0.25, 0.3) is 0 Å². The van der Waals surface area contributed by atoms with Crippen molar-refractivity contribution in [2.24, 2.45) is 0 Å². The van der Waals surface area contributed by atoms with Gasteiger partial charge in [-0.25, -0.2) is 4.79 Å². The largest absolute Gasteiger partial charge is 0.465 e. The minimum absolute atomic E-state index is 0.385. The third-order valence-corrected chi connectivity index (χ3v) is 3.08. The summed E-state index contributed by atoms with van der Waals surface area (Å²) in [5.74, 6) is -0.385. The Morgan fingerprint density at radius 1 is 1.24 bits per heavy atom. The summed E-state index contributed by atoms with van der Waals surface area (Å²) in [4.78, 5) is 15.6. The van der Waals surface area contributed by atoms with Gasteiger partial charge in [-0.2, -0.15) is 0 Å². The molecule has 0 atom stereocenters. The Kier molecular flexibility index (Phi) is 3.54. The van der Waals surface area contributed by atoms with Crippen molar-refractivity contribution in [1.82, 2.24) is 4.98 Å². The Morgan fingerprint density at radius 3 is 2.71 bits per heavy atom. The third-order valence-electron chi connectivity index (χ3n) is 2.39. The molecule has 0 N–H and O–H groups in total. The topological polar surface area (TPSA) is 39.2 Å². The fourth-order valence-corrected chi connectivity index (χ4v) is 2.08. The molecular formula is C13H10BrNO2. The molecule has 86 valence electrons. The molecule has 0 bridgehead atoms. The van der Waals surface area contributed by atoms with Crippen molar-refractivity contribution >= 4 is 21.9 Å². The van der Waals surface area contributed by atoms with Crippen molar-refractivity contribution in [3.63, 3.8) is 0 Å². The monoisotopic (exact) mass is 291 g/mol. The van der Waals surface area contributed by atoms with E-state index < -0.39 is 0 Å². The Bertz CT molecular complexity index is 555. The van der Waals surface area contributed by atoms with E-state index in [9.17, 15) is 4.79 Å². The molecule has 1 aromatic heterocycles. The first-order valence-corrected chi connectivity index (χ1v) is 5.80. The van der Waals surface area contributed by atoms with Crippen molar-refractivity contribution in [2.45, 2.75) is 0 Å². The number of carbonyl (C=O) groups is 1. The zero-order chi connectivity index (χ0) is 12.3. The summed E-state index contributed by atoms with van der Waals surface area (Å²) >= 11 is 3.47. The van der Waals surface area contributed by atoms with E-state index in [1.807, 2.05) is 24.3 Å². The van der Waals surface area contributed by atoms with Crippen molar-refractivity contribution in [3.8, 4) is 11.1 Å². The zero-order valence-corrected chi connectivity index (χ0v) is 10.8. The highest BCUT2D eigenvalue weighted by atomic mass is 79.9. The number of halogens is 1. The molecule has 0 fully saturated rings. The zero-order valence-electron chi connectivity index (χ0n) is 9.18. The Labute approximate surface area is 108 Å². The second kappa shape index (κ2) is 5.10. The fraction of sp³-hybridized carbons (Fsp3) is 0.0769. The summed E-state index contributed by atoms with van der Waals surface area (Å²) in [6.45, 7) is 0. The predicted octanol–water partition coefficient (Wildman–Crippen LogP) is 3.30. The van der Waals surface area contributed by atoms with Crippen LogP contribution in [-0.2, 0) is 4.74 Å². The first-order chi connectivity index (χ1) is 8.24. The SMILES string of the molecule is COC(=O)c1cnccc1-c1ccccc1Br. The van der Waals surface area contributed by atoms with Gasteiger partial charge in [0.15, 0.2) is 0 Å². The molecule has 1 heterocycles. The summed E-state index contributed by atoms with van der Waals surface area (Å²) in [6.07, 6.45) is 3.17. The number of benzene rings is 1. The molecule has 4 heteroatoms. The van der Waals surface area contributed by atoms with Gasteiger partial charge >= 0.3 is 5.97 Å². The number of hydrogen-bond donors (Lipinski definition) is 0. The molecule has 0 radical (unpaired) electrons. The van der Waals surface area contributed by atoms with Crippen LogP contribution in [-0.4, -0.2) is 18.1 Å². The number of methoxy groups -OCH3 is 1. The first-order valence-electron chi connectivity index (χ1n) is 5.01. The molecule has 0 aliphatic heterocycles. The molecule has 1 aromatic carbocycles. The van der Waals surface area contributed by atoms with Gasteiger partial charge in [0.2, 0.25) is 0 Å². The Morgan fingerprint density at radius 2 is 2.00 bits per heavy atom. The van der Waals surface area contributed by atoms with E-state index >= 15 is 0 Å². The van der Waals surface area contributed by atoms with Crippen LogP contribution in [0.5, 0.6) is 0 Å². The van der Waals surface area contributed by atoms with Crippen LogP contribution in [0.2, 0.25) is 0 Å². The lowest BCUT2D eigenvalue weighted by Crippen LogP contribution is -2.04. The quantitative estimate of drug-likeness (QED) is 0.797. The molecule has 0 spiro atoms. The number of nitrogens with zero attached hydrogens (tertiary/aromatic N) is 1. The van der Waals surface area contributed by atoms with Gasteiger partial charge in [-0.15, -0.1) is 0 Å². The second-order valence-corrected chi connectivity index (χ2v) is 4.25. The van der Waals surface area contributed by atoms with E-state index in [1.165, 1.54) is 13.3 Å². The fourth-order valence-electron chi connectivity index (χ4n) is 1.58. The van der Waals surface area contributed by atoms with Gasteiger partial charge in [-0.3, -0.25) is 4.98 Å². The summed E-state index contributed by atoms with van der Waals surface area (Å²) in [6, 6.07) is 9.50. The van der Waals surface area contributed by atoms with Gasteiger partial charge in [-0.05, 0) is 17.7 Å². The molecule has 0 unspecified atom stereocenters. The summed E-state index contributed by atoms with van der Waals surface area (Å²) < 4.78 is 5.67. The maximum Gasteiger partial charge on any atom is 0.340 e. The maximum atomic E-state index is 11.6. The second-order valence-electron chi connectivity index (χ2n) is 3.39. The summed E-state index contributed by atoms with van der Waals surface area (Å²) in [5, 5.41) is 0. The summed E-state index contributed by atoms with van der Waals surface area (Å²) in [5.41, 5.74) is 2.21. The molecule has 0 aliphatic carbocycles. The van der Waals surface area contributed by atoms with Gasteiger partial charge in [0.1, 0.15) is 0 Å². The van der Waals surface area contributed by atoms with Gasteiger partial charge in [0.05, 0.1) is 12.7 Å². The minimum Gasteiger partial charge on any atom is -0.465 e. The van der Waals surface area contributed by atoms with Crippen LogP contribution in [0.4, 0.5) is 0 Å². The van der Waals surface area contributed by atoms with Crippen LogP contribution in [0, 0.1) is 0 Å². The molecule has 0 saturated carbocycles.